The molecule has 1 aliphatic rings. The number of halogens is 1. The molecule has 0 unspecified atom stereocenters. The van der Waals surface area contributed by atoms with E-state index in [1.165, 1.54) is 12.7 Å². The first-order chi connectivity index (χ1) is 12.2. The van der Waals surface area contributed by atoms with E-state index in [-0.39, 0.29) is 17.1 Å². The zero-order chi connectivity index (χ0) is 17.7. The predicted octanol–water partition coefficient (Wildman–Crippen LogP) is 2.89. The molecular weight excluding hydrogens is 321 g/mol. The minimum atomic E-state index is -0.322. The second-order valence-electron chi connectivity index (χ2n) is 6.42. The largest absolute Gasteiger partial charge is 0.494 e. The van der Waals surface area contributed by atoms with Crippen molar-refractivity contribution in [1.82, 2.24) is 15.1 Å². The summed E-state index contributed by atoms with van der Waals surface area (Å²) in [5.74, 6) is -0.0465. The molecule has 1 fully saturated rings. The van der Waals surface area contributed by atoms with E-state index in [4.69, 9.17) is 9.47 Å². The van der Waals surface area contributed by atoms with Gasteiger partial charge in [-0.3, -0.25) is 4.68 Å². The fraction of sp³-hybridized carbons (Fsp3) is 0.526. The van der Waals surface area contributed by atoms with Crippen molar-refractivity contribution in [1.29, 1.82) is 0 Å². The number of hydrogen-bond donors (Lipinski definition) is 1. The average molecular weight is 347 g/mol. The average Bonchev–Trinajstić information content (AvgIpc) is 3.10. The van der Waals surface area contributed by atoms with E-state index in [0.717, 1.165) is 37.9 Å². The van der Waals surface area contributed by atoms with E-state index in [9.17, 15) is 4.39 Å². The SMILES string of the molecule is CCn1cc(CCNC2(c3ccc(OC)c(F)c3)CCOCC2)cn1. The van der Waals surface area contributed by atoms with Crippen molar-refractivity contribution in [2.75, 3.05) is 26.9 Å². The van der Waals surface area contributed by atoms with Crippen LogP contribution in [0.15, 0.2) is 30.6 Å². The Labute approximate surface area is 148 Å². The third-order valence-electron chi connectivity index (χ3n) is 4.94. The number of aromatic nitrogens is 2. The summed E-state index contributed by atoms with van der Waals surface area (Å²) in [5, 5.41) is 7.98. The third-order valence-corrected chi connectivity index (χ3v) is 4.94. The summed E-state index contributed by atoms with van der Waals surface area (Å²) in [6.07, 6.45) is 6.53. The van der Waals surface area contributed by atoms with E-state index in [1.54, 1.807) is 12.1 Å². The summed E-state index contributed by atoms with van der Waals surface area (Å²) in [4.78, 5) is 0. The Morgan fingerprint density at radius 1 is 1.36 bits per heavy atom. The van der Waals surface area contributed by atoms with Gasteiger partial charge >= 0.3 is 0 Å². The second kappa shape index (κ2) is 7.97. The van der Waals surface area contributed by atoms with Crippen molar-refractivity contribution in [3.05, 3.63) is 47.5 Å². The Morgan fingerprint density at radius 3 is 2.80 bits per heavy atom. The number of nitrogens with zero attached hydrogens (tertiary/aromatic N) is 2. The molecule has 1 aromatic carbocycles. The van der Waals surface area contributed by atoms with Crippen LogP contribution in [0.3, 0.4) is 0 Å². The van der Waals surface area contributed by atoms with Crippen molar-refractivity contribution < 1.29 is 13.9 Å². The highest BCUT2D eigenvalue weighted by atomic mass is 19.1. The molecule has 0 saturated carbocycles. The summed E-state index contributed by atoms with van der Waals surface area (Å²) < 4.78 is 26.7. The molecule has 0 atom stereocenters. The van der Waals surface area contributed by atoms with Gasteiger partial charge < -0.3 is 14.8 Å². The van der Waals surface area contributed by atoms with E-state index in [1.807, 2.05) is 16.9 Å². The fourth-order valence-corrected chi connectivity index (χ4v) is 3.41. The van der Waals surface area contributed by atoms with Crippen LogP contribution >= 0.6 is 0 Å². The molecule has 1 N–H and O–H groups in total. The Morgan fingerprint density at radius 2 is 2.16 bits per heavy atom. The molecule has 2 heterocycles. The fourth-order valence-electron chi connectivity index (χ4n) is 3.41. The van der Waals surface area contributed by atoms with E-state index < -0.39 is 0 Å². The van der Waals surface area contributed by atoms with E-state index in [0.29, 0.717) is 13.2 Å². The topological polar surface area (TPSA) is 48.3 Å². The van der Waals surface area contributed by atoms with Crippen LogP contribution < -0.4 is 10.1 Å². The van der Waals surface area contributed by atoms with Gasteiger partial charge in [-0.15, -0.1) is 0 Å². The van der Waals surface area contributed by atoms with Gasteiger partial charge in [0, 0.05) is 38.0 Å². The van der Waals surface area contributed by atoms with Gasteiger partial charge in [-0.25, -0.2) is 4.39 Å². The van der Waals surface area contributed by atoms with Gasteiger partial charge in [0.15, 0.2) is 11.6 Å². The number of methoxy groups -OCH3 is 1. The highest BCUT2D eigenvalue weighted by Gasteiger charge is 2.34. The van der Waals surface area contributed by atoms with Crippen LogP contribution in [0, 0.1) is 5.82 Å². The molecule has 2 aromatic rings. The maximum Gasteiger partial charge on any atom is 0.165 e. The van der Waals surface area contributed by atoms with Crippen molar-refractivity contribution in [3.63, 3.8) is 0 Å². The van der Waals surface area contributed by atoms with Gasteiger partial charge in [0.05, 0.1) is 13.3 Å². The Hall–Kier alpha value is -1.92. The van der Waals surface area contributed by atoms with Gasteiger partial charge in [0.25, 0.3) is 0 Å². The molecule has 6 heteroatoms. The molecule has 3 rings (SSSR count). The number of benzene rings is 1. The molecule has 0 spiro atoms. The Bertz CT molecular complexity index is 696. The van der Waals surface area contributed by atoms with Gasteiger partial charge in [0.2, 0.25) is 0 Å². The standard InChI is InChI=1S/C19H26FN3O2/c1-3-23-14-15(13-22-23)6-9-21-19(7-10-25-11-8-19)16-4-5-18(24-2)17(20)12-16/h4-5,12-14,21H,3,6-11H2,1-2H3. The summed E-state index contributed by atoms with van der Waals surface area (Å²) >= 11 is 0. The molecule has 1 saturated heterocycles. The van der Waals surface area contributed by atoms with E-state index in [2.05, 4.69) is 23.5 Å². The van der Waals surface area contributed by atoms with Gasteiger partial charge in [-0.1, -0.05) is 6.07 Å². The van der Waals surface area contributed by atoms with Crippen LogP contribution in [0.25, 0.3) is 0 Å². The molecular formula is C19H26FN3O2. The zero-order valence-corrected chi connectivity index (χ0v) is 14.9. The molecule has 0 amide bonds. The minimum Gasteiger partial charge on any atom is -0.494 e. The lowest BCUT2D eigenvalue weighted by Gasteiger charge is -2.39. The highest BCUT2D eigenvalue weighted by molar-refractivity contribution is 5.34. The zero-order valence-electron chi connectivity index (χ0n) is 14.9. The van der Waals surface area contributed by atoms with Gasteiger partial charge in [-0.05, 0) is 49.4 Å². The first-order valence-electron chi connectivity index (χ1n) is 8.85. The summed E-state index contributed by atoms with van der Waals surface area (Å²) in [6, 6.07) is 5.25. The van der Waals surface area contributed by atoms with Crippen LogP contribution in [0.5, 0.6) is 5.75 Å². The van der Waals surface area contributed by atoms with Gasteiger partial charge in [0.1, 0.15) is 0 Å². The van der Waals surface area contributed by atoms with Crippen LogP contribution in [-0.4, -0.2) is 36.6 Å². The lowest BCUT2D eigenvalue weighted by Crippen LogP contribution is -2.47. The molecule has 1 aliphatic heterocycles. The maximum absolute atomic E-state index is 14.2. The second-order valence-corrected chi connectivity index (χ2v) is 6.42. The summed E-state index contributed by atoms with van der Waals surface area (Å²) in [7, 11) is 1.48. The molecule has 0 aliphatic carbocycles. The highest BCUT2D eigenvalue weighted by Crippen LogP contribution is 2.34. The molecule has 5 nitrogen and oxygen atoms in total. The Balaban J connectivity index is 1.73. The smallest absolute Gasteiger partial charge is 0.165 e. The number of ether oxygens (including phenoxy) is 2. The molecule has 1 aromatic heterocycles. The quantitative estimate of drug-likeness (QED) is 0.837. The molecule has 0 bridgehead atoms. The molecule has 25 heavy (non-hydrogen) atoms. The summed E-state index contributed by atoms with van der Waals surface area (Å²) in [5.41, 5.74) is 1.90. The number of nitrogens with one attached hydrogen (secondary N) is 1. The first kappa shape index (κ1) is 17.9. The molecule has 136 valence electrons. The van der Waals surface area contributed by atoms with Crippen molar-refractivity contribution in [3.8, 4) is 5.75 Å². The number of rotatable bonds is 7. The first-order valence-corrected chi connectivity index (χ1v) is 8.85. The number of aryl methyl sites for hydroxylation is 1. The minimum absolute atomic E-state index is 0.258. The Kier molecular flexibility index (Phi) is 5.71. The molecule has 0 radical (unpaired) electrons. The summed E-state index contributed by atoms with van der Waals surface area (Å²) in [6.45, 7) is 5.11. The van der Waals surface area contributed by atoms with Crippen LogP contribution in [0.2, 0.25) is 0 Å². The van der Waals surface area contributed by atoms with Crippen LogP contribution in [0.4, 0.5) is 4.39 Å². The van der Waals surface area contributed by atoms with Gasteiger partial charge in [-0.2, -0.15) is 5.10 Å². The monoisotopic (exact) mass is 347 g/mol. The van der Waals surface area contributed by atoms with Crippen molar-refractivity contribution in [2.24, 2.45) is 0 Å². The lowest BCUT2D eigenvalue weighted by atomic mass is 9.82. The van der Waals surface area contributed by atoms with E-state index >= 15 is 0 Å². The van der Waals surface area contributed by atoms with Crippen molar-refractivity contribution in [2.45, 2.75) is 38.3 Å². The lowest BCUT2D eigenvalue weighted by molar-refractivity contribution is 0.0367. The third kappa shape index (κ3) is 4.02. The van der Waals surface area contributed by atoms with Crippen molar-refractivity contribution >= 4 is 0 Å². The maximum atomic E-state index is 14.2. The normalized spacial score (nSPS) is 16.8. The van der Waals surface area contributed by atoms with Crippen LogP contribution in [-0.2, 0) is 23.2 Å². The van der Waals surface area contributed by atoms with Crippen LogP contribution in [0.1, 0.15) is 30.9 Å². The number of hydrogen-bond acceptors (Lipinski definition) is 4. The predicted molar refractivity (Wildman–Crippen MR) is 94.3 cm³/mol.